The number of carbonyl (C=O) groups is 1. The number of hydrogen-bond acceptors (Lipinski definition) is 6. The molecule has 11 heteroatoms. The molecule has 0 aliphatic carbocycles. The molecule has 0 saturated carbocycles. The summed E-state index contributed by atoms with van der Waals surface area (Å²) in [5, 5.41) is 2.78. The van der Waals surface area contributed by atoms with Crippen molar-refractivity contribution in [3.05, 3.63) is 48.5 Å². The predicted octanol–water partition coefficient (Wildman–Crippen LogP) is 2.50. The fourth-order valence-corrected chi connectivity index (χ4v) is 5.65. The van der Waals surface area contributed by atoms with Crippen molar-refractivity contribution in [2.75, 3.05) is 36.0 Å². The summed E-state index contributed by atoms with van der Waals surface area (Å²) < 4.78 is 58.5. The lowest BCUT2D eigenvalue weighted by molar-refractivity contribution is -0.120. The molecular formula is C21H27N3O6S2. The Morgan fingerprint density at radius 3 is 2.50 bits per heavy atom. The first kappa shape index (κ1) is 24.0. The van der Waals surface area contributed by atoms with Crippen molar-refractivity contribution in [1.82, 2.24) is 4.31 Å². The molecule has 1 saturated heterocycles. The van der Waals surface area contributed by atoms with Crippen LogP contribution in [0.15, 0.2) is 53.4 Å². The number of hydrogen-bond donors (Lipinski definition) is 2. The molecule has 1 heterocycles. The smallest absolute Gasteiger partial charge is 0.243 e. The molecule has 1 unspecified atom stereocenters. The van der Waals surface area contributed by atoms with Crippen LogP contribution >= 0.6 is 0 Å². The molecule has 1 aliphatic rings. The highest BCUT2D eigenvalue weighted by molar-refractivity contribution is 7.92. The van der Waals surface area contributed by atoms with Crippen LogP contribution in [0.3, 0.4) is 0 Å². The van der Waals surface area contributed by atoms with Gasteiger partial charge in [-0.1, -0.05) is 18.2 Å². The van der Waals surface area contributed by atoms with E-state index in [9.17, 15) is 21.6 Å². The van der Waals surface area contributed by atoms with E-state index in [0.717, 1.165) is 0 Å². The first-order chi connectivity index (χ1) is 15.2. The van der Waals surface area contributed by atoms with Crippen LogP contribution in [0.4, 0.5) is 11.4 Å². The second-order valence-corrected chi connectivity index (χ2v) is 11.4. The summed E-state index contributed by atoms with van der Waals surface area (Å²) in [5.41, 5.74) is 0.694. The Labute approximate surface area is 188 Å². The Kier molecular flexibility index (Phi) is 7.42. The van der Waals surface area contributed by atoms with Crippen LogP contribution in [0.1, 0.15) is 19.8 Å². The Morgan fingerprint density at radius 2 is 1.84 bits per heavy atom. The largest absolute Gasteiger partial charge is 0.494 e. The van der Waals surface area contributed by atoms with E-state index in [2.05, 4.69) is 10.0 Å². The maximum Gasteiger partial charge on any atom is 0.243 e. The highest BCUT2D eigenvalue weighted by Crippen LogP contribution is 2.30. The molecule has 1 amide bonds. The average molecular weight is 482 g/mol. The van der Waals surface area contributed by atoms with Crippen LogP contribution in [0.5, 0.6) is 5.75 Å². The molecule has 1 atom stereocenters. The number of methoxy groups -OCH3 is 1. The average Bonchev–Trinajstić information content (AvgIpc) is 2.80. The van der Waals surface area contributed by atoms with E-state index < -0.39 is 26.0 Å². The Hall–Kier alpha value is -2.63. The molecule has 174 valence electrons. The molecule has 32 heavy (non-hydrogen) atoms. The third-order valence-corrected chi connectivity index (χ3v) is 8.42. The lowest BCUT2D eigenvalue weighted by Gasteiger charge is -2.31. The van der Waals surface area contributed by atoms with E-state index in [1.54, 1.807) is 36.4 Å². The Balaban J connectivity index is 1.71. The minimum Gasteiger partial charge on any atom is -0.494 e. The second kappa shape index (κ2) is 9.88. The molecule has 2 aromatic rings. The van der Waals surface area contributed by atoms with Gasteiger partial charge in [-0.3, -0.25) is 9.52 Å². The minimum absolute atomic E-state index is 0.0846. The number of benzene rings is 2. The highest BCUT2D eigenvalue weighted by Gasteiger charge is 2.33. The normalized spacial score (nSPS) is 17.5. The van der Waals surface area contributed by atoms with Gasteiger partial charge in [-0.2, -0.15) is 4.31 Å². The van der Waals surface area contributed by atoms with Gasteiger partial charge in [0.25, 0.3) is 0 Å². The van der Waals surface area contributed by atoms with Crippen molar-refractivity contribution in [1.29, 1.82) is 0 Å². The van der Waals surface area contributed by atoms with Crippen LogP contribution in [0.2, 0.25) is 0 Å². The number of amides is 1. The van der Waals surface area contributed by atoms with E-state index in [1.165, 1.54) is 30.5 Å². The molecule has 0 aromatic heterocycles. The lowest BCUT2D eigenvalue weighted by atomic mass is 9.98. The number of nitrogens with one attached hydrogen (secondary N) is 2. The van der Waals surface area contributed by atoms with E-state index in [4.69, 9.17) is 4.74 Å². The molecule has 2 aromatic carbocycles. The summed E-state index contributed by atoms with van der Waals surface area (Å²) in [4.78, 5) is 13.1. The van der Waals surface area contributed by atoms with Crippen LogP contribution in [-0.4, -0.2) is 53.0 Å². The standard InChI is InChI=1S/C21H27N3O6S2/c1-3-31(26,27)23-19-12-11-17(14-20(19)30-2)22-21(25)16-8-7-13-24(15-16)32(28,29)18-9-5-4-6-10-18/h4-6,9-12,14,16,23H,3,7-8,13,15H2,1-2H3,(H,22,25). The van der Waals surface area contributed by atoms with Gasteiger partial charge < -0.3 is 10.1 Å². The second-order valence-electron chi connectivity index (χ2n) is 7.43. The molecule has 1 aliphatic heterocycles. The van der Waals surface area contributed by atoms with E-state index in [-0.39, 0.29) is 34.5 Å². The van der Waals surface area contributed by atoms with Gasteiger partial charge in [-0.25, -0.2) is 16.8 Å². The molecule has 0 radical (unpaired) electrons. The lowest BCUT2D eigenvalue weighted by Crippen LogP contribution is -2.43. The third-order valence-electron chi connectivity index (χ3n) is 5.25. The maximum absolute atomic E-state index is 12.9. The molecule has 9 nitrogen and oxygen atoms in total. The third kappa shape index (κ3) is 5.59. The molecule has 3 rings (SSSR count). The van der Waals surface area contributed by atoms with Gasteiger partial charge in [0.05, 0.1) is 29.4 Å². The number of nitrogens with zero attached hydrogens (tertiary/aromatic N) is 1. The zero-order valence-electron chi connectivity index (χ0n) is 17.9. The zero-order chi connectivity index (χ0) is 23.4. The number of rotatable bonds is 8. The van der Waals surface area contributed by atoms with Gasteiger partial charge in [-0.05, 0) is 44.0 Å². The molecule has 2 N–H and O–H groups in total. The SMILES string of the molecule is CCS(=O)(=O)Nc1ccc(NC(=O)C2CCCN(S(=O)(=O)c3ccccc3)C2)cc1OC. The summed E-state index contributed by atoms with van der Waals surface area (Å²) in [6.45, 7) is 1.98. The first-order valence-electron chi connectivity index (χ1n) is 10.2. The number of piperidine rings is 1. The van der Waals surface area contributed by atoms with Crippen molar-refractivity contribution in [2.45, 2.75) is 24.7 Å². The van der Waals surface area contributed by atoms with E-state index in [0.29, 0.717) is 25.1 Å². The number of anilines is 2. The first-order valence-corrected chi connectivity index (χ1v) is 13.3. The van der Waals surface area contributed by atoms with Gasteiger partial charge in [0, 0.05) is 24.8 Å². The number of ether oxygens (including phenoxy) is 1. The quantitative estimate of drug-likeness (QED) is 0.597. The summed E-state index contributed by atoms with van der Waals surface area (Å²) in [7, 11) is -5.75. The number of carbonyl (C=O) groups excluding carboxylic acids is 1. The van der Waals surface area contributed by atoms with Crippen LogP contribution in [0, 0.1) is 5.92 Å². The highest BCUT2D eigenvalue weighted by atomic mass is 32.2. The summed E-state index contributed by atoms with van der Waals surface area (Å²) in [5.74, 6) is -0.635. The van der Waals surface area contributed by atoms with E-state index >= 15 is 0 Å². The maximum atomic E-state index is 12.9. The summed E-state index contributed by atoms with van der Waals surface area (Å²) in [6, 6.07) is 12.8. The monoisotopic (exact) mass is 481 g/mol. The van der Waals surface area contributed by atoms with Gasteiger partial charge in [0.15, 0.2) is 0 Å². The Morgan fingerprint density at radius 1 is 1.12 bits per heavy atom. The van der Waals surface area contributed by atoms with Crippen LogP contribution in [0.25, 0.3) is 0 Å². The molecule has 0 spiro atoms. The summed E-state index contributed by atoms with van der Waals surface area (Å²) >= 11 is 0. The molecule has 0 bridgehead atoms. The molecular weight excluding hydrogens is 454 g/mol. The van der Waals surface area contributed by atoms with Crippen molar-refractivity contribution in [3.63, 3.8) is 0 Å². The fourth-order valence-electron chi connectivity index (χ4n) is 3.45. The van der Waals surface area contributed by atoms with Crippen molar-refractivity contribution in [3.8, 4) is 5.75 Å². The van der Waals surface area contributed by atoms with E-state index in [1.807, 2.05) is 0 Å². The van der Waals surface area contributed by atoms with Crippen LogP contribution in [-0.2, 0) is 24.8 Å². The fraction of sp³-hybridized carbons (Fsp3) is 0.381. The number of sulfonamides is 2. The van der Waals surface area contributed by atoms with Crippen molar-refractivity contribution < 1.29 is 26.4 Å². The minimum atomic E-state index is -3.67. The molecule has 1 fully saturated rings. The van der Waals surface area contributed by atoms with Gasteiger partial charge >= 0.3 is 0 Å². The topological polar surface area (TPSA) is 122 Å². The Bertz CT molecular complexity index is 1170. The summed E-state index contributed by atoms with van der Waals surface area (Å²) in [6.07, 6.45) is 1.14. The van der Waals surface area contributed by atoms with Crippen molar-refractivity contribution in [2.24, 2.45) is 5.92 Å². The van der Waals surface area contributed by atoms with Gasteiger partial charge in [-0.15, -0.1) is 0 Å². The zero-order valence-corrected chi connectivity index (χ0v) is 19.6. The van der Waals surface area contributed by atoms with Gasteiger partial charge in [0.2, 0.25) is 26.0 Å². The predicted molar refractivity (Wildman–Crippen MR) is 123 cm³/mol. The van der Waals surface area contributed by atoms with Gasteiger partial charge in [0.1, 0.15) is 5.75 Å². The van der Waals surface area contributed by atoms with Crippen molar-refractivity contribution >= 4 is 37.3 Å². The van der Waals surface area contributed by atoms with Crippen LogP contribution < -0.4 is 14.8 Å².